The van der Waals surface area contributed by atoms with Gasteiger partial charge in [-0.1, -0.05) is 26.7 Å². The average molecular weight is 308 g/mol. The molecule has 0 aromatic heterocycles. The van der Waals surface area contributed by atoms with Crippen molar-refractivity contribution in [3.05, 3.63) is 29.3 Å². The number of sulfonamides is 1. The molecule has 0 saturated heterocycles. The predicted octanol–water partition coefficient (Wildman–Crippen LogP) is 3.46. The third kappa shape index (κ3) is 4.55. The molecular formula is C16H24N2O2S. The van der Waals surface area contributed by atoms with Gasteiger partial charge in [-0.3, -0.25) is 0 Å². The summed E-state index contributed by atoms with van der Waals surface area (Å²) in [4.78, 5) is 0.284. The van der Waals surface area contributed by atoms with E-state index >= 15 is 0 Å². The van der Waals surface area contributed by atoms with Gasteiger partial charge in [-0.25, -0.2) is 8.42 Å². The lowest BCUT2D eigenvalue weighted by Gasteiger charge is -2.22. The van der Waals surface area contributed by atoms with Gasteiger partial charge in [0.2, 0.25) is 10.0 Å². The molecule has 0 N–H and O–H groups in total. The minimum atomic E-state index is -3.47. The fourth-order valence-corrected chi connectivity index (χ4v) is 3.69. The van der Waals surface area contributed by atoms with E-state index in [2.05, 4.69) is 19.9 Å². The Kier molecular flexibility index (Phi) is 6.86. The summed E-state index contributed by atoms with van der Waals surface area (Å²) < 4.78 is 27.0. The van der Waals surface area contributed by atoms with Crippen molar-refractivity contribution in [1.82, 2.24) is 4.31 Å². The van der Waals surface area contributed by atoms with Crippen molar-refractivity contribution in [1.29, 1.82) is 5.26 Å². The highest BCUT2D eigenvalue weighted by Gasteiger charge is 2.23. The summed E-state index contributed by atoms with van der Waals surface area (Å²) >= 11 is 0. The van der Waals surface area contributed by atoms with Crippen molar-refractivity contribution >= 4 is 10.0 Å². The number of nitrogens with zero attached hydrogens (tertiary/aromatic N) is 2. The Hall–Kier alpha value is -1.38. The van der Waals surface area contributed by atoms with Crippen molar-refractivity contribution in [2.75, 3.05) is 13.1 Å². The molecule has 0 unspecified atom stereocenters. The summed E-state index contributed by atoms with van der Waals surface area (Å²) in [6.45, 7) is 6.97. The fraction of sp³-hybridized carbons (Fsp3) is 0.562. The van der Waals surface area contributed by atoms with Gasteiger partial charge < -0.3 is 0 Å². The molecule has 21 heavy (non-hydrogen) atoms. The van der Waals surface area contributed by atoms with Crippen LogP contribution in [0.25, 0.3) is 0 Å². The first-order valence-corrected chi connectivity index (χ1v) is 8.92. The molecule has 0 atom stereocenters. The summed E-state index contributed by atoms with van der Waals surface area (Å²) in [5, 5.41) is 8.94. The van der Waals surface area contributed by atoms with E-state index in [0.29, 0.717) is 24.2 Å². The Morgan fingerprint density at radius 3 is 2.14 bits per heavy atom. The van der Waals surface area contributed by atoms with Gasteiger partial charge in [0.05, 0.1) is 16.5 Å². The summed E-state index contributed by atoms with van der Waals surface area (Å²) in [6, 6.07) is 6.78. The lowest BCUT2D eigenvalue weighted by atomic mass is 10.1. The fourth-order valence-electron chi connectivity index (χ4n) is 2.09. The van der Waals surface area contributed by atoms with Gasteiger partial charge in [0.1, 0.15) is 0 Å². The normalized spacial score (nSPS) is 11.6. The lowest BCUT2D eigenvalue weighted by Crippen LogP contribution is -2.33. The molecule has 5 heteroatoms. The van der Waals surface area contributed by atoms with E-state index < -0.39 is 10.0 Å². The first kappa shape index (κ1) is 17.7. The van der Waals surface area contributed by atoms with E-state index in [1.54, 1.807) is 23.4 Å². The van der Waals surface area contributed by atoms with Crippen LogP contribution >= 0.6 is 0 Å². The van der Waals surface area contributed by atoms with E-state index in [1.165, 1.54) is 6.07 Å². The number of rotatable bonds is 8. The number of benzene rings is 1. The van der Waals surface area contributed by atoms with Crippen LogP contribution in [0.4, 0.5) is 0 Å². The van der Waals surface area contributed by atoms with Gasteiger partial charge in [-0.15, -0.1) is 0 Å². The number of nitriles is 1. The van der Waals surface area contributed by atoms with Crippen molar-refractivity contribution in [3.63, 3.8) is 0 Å². The second-order valence-electron chi connectivity index (χ2n) is 5.20. The van der Waals surface area contributed by atoms with Crippen LogP contribution in [0, 0.1) is 18.3 Å². The molecule has 0 heterocycles. The van der Waals surface area contributed by atoms with E-state index in [4.69, 9.17) is 5.26 Å². The van der Waals surface area contributed by atoms with Gasteiger partial charge in [-0.2, -0.15) is 9.57 Å². The van der Waals surface area contributed by atoms with Crippen molar-refractivity contribution in [2.24, 2.45) is 0 Å². The van der Waals surface area contributed by atoms with Gasteiger partial charge in [0.15, 0.2) is 0 Å². The zero-order valence-electron chi connectivity index (χ0n) is 13.1. The highest BCUT2D eigenvalue weighted by Crippen LogP contribution is 2.20. The molecule has 0 saturated carbocycles. The summed E-state index contributed by atoms with van der Waals surface area (Å²) in [5.74, 6) is 0. The van der Waals surface area contributed by atoms with Crippen LogP contribution in [-0.4, -0.2) is 25.8 Å². The van der Waals surface area contributed by atoms with Gasteiger partial charge in [0, 0.05) is 13.1 Å². The van der Waals surface area contributed by atoms with Gasteiger partial charge in [-0.05, 0) is 43.5 Å². The molecule has 0 spiro atoms. The minimum Gasteiger partial charge on any atom is -0.207 e. The highest BCUT2D eigenvalue weighted by molar-refractivity contribution is 7.89. The monoisotopic (exact) mass is 308 g/mol. The topological polar surface area (TPSA) is 61.2 Å². The molecule has 0 aliphatic carbocycles. The standard InChI is InChI=1S/C16H24N2O2S/c1-4-6-10-18(11-7-5-2)21(19,20)16-9-8-15(13-17)14(3)12-16/h8-9,12H,4-7,10-11H2,1-3H3. The Labute approximate surface area is 128 Å². The van der Waals surface area contributed by atoms with Crippen molar-refractivity contribution in [3.8, 4) is 6.07 Å². The van der Waals surface area contributed by atoms with E-state index in [1.807, 2.05) is 0 Å². The Morgan fingerprint density at radius 2 is 1.71 bits per heavy atom. The third-order valence-electron chi connectivity index (χ3n) is 3.48. The quantitative estimate of drug-likeness (QED) is 0.739. The lowest BCUT2D eigenvalue weighted by molar-refractivity contribution is 0.395. The van der Waals surface area contributed by atoms with E-state index in [-0.39, 0.29) is 4.90 Å². The summed E-state index contributed by atoms with van der Waals surface area (Å²) in [5.41, 5.74) is 1.21. The molecule has 0 fully saturated rings. The van der Waals surface area contributed by atoms with Gasteiger partial charge in [0.25, 0.3) is 0 Å². The molecule has 1 aromatic carbocycles. The number of hydrogen-bond acceptors (Lipinski definition) is 3. The van der Waals surface area contributed by atoms with Gasteiger partial charge >= 0.3 is 0 Å². The molecule has 0 radical (unpaired) electrons. The third-order valence-corrected chi connectivity index (χ3v) is 5.37. The zero-order valence-corrected chi connectivity index (χ0v) is 13.9. The van der Waals surface area contributed by atoms with E-state index in [9.17, 15) is 8.42 Å². The SMILES string of the molecule is CCCCN(CCCC)S(=O)(=O)c1ccc(C#N)c(C)c1. The summed E-state index contributed by atoms with van der Waals surface area (Å²) in [7, 11) is -3.47. The Morgan fingerprint density at radius 1 is 1.14 bits per heavy atom. The molecule has 0 bridgehead atoms. The number of aryl methyl sites for hydroxylation is 1. The zero-order chi connectivity index (χ0) is 15.9. The predicted molar refractivity (Wildman–Crippen MR) is 84.5 cm³/mol. The van der Waals surface area contributed by atoms with Crippen LogP contribution in [0.15, 0.2) is 23.1 Å². The Balaban J connectivity index is 3.09. The minimum absolute atomic E-state index is 0.284. The van der Waals surface area contributed by atoms with Crippen LogP contribution in [0.2, 0.25) is 0 Å². The van der Waals surface area contributed by atoms with Crippen LogP contribution < -0.4 is 0 Å². The van der Waals surface area contributed by atoms with Crippen LogP contribution in [0.1, 0.15) is 50.7 Å². The molecule has 116 valence electrons. The summed E-state index contributed by atoms with van der Waals surface area (Å²) in [6.07, 6.45) is 3.64. The van der Waals surface area contributed by atoms with Crippen LogP contribution in [0.3, 0.4) is 0 Å². The smallest absolute Gasteiger partial charge is 0.207 e. The highest BCUT2D eigenvalue weighted by atomic mass is 32.2. The van der Waals surface area contributed by atoms with Crippen LogP contribution in [-0.2, 0) is 10.0 Å². The molecule has 0 aliphatic heterocycles. The number of unbranched alkanes of at least 4 members (excludes halogenated alkanes) is 2. The molecule has 1 rings (SSSR count). The number of hydrogen-bond donors (Lipinski definition) is 0. The maximum atomic E-state index is 12.7. The average Bonchev–Trinajstić information content (AvgIpc) is 2.47. The molecule has 0 aliphatic rings. The van der Waals surface area contributed by atoms with E-state index in [0.717, 1.165) is 25.7 Å². The van der Waals surface area contributed by atoms with Crippen molar-refractivity contribution < 1.29 is 8.42 Å². The maximum absolute atomic E-state index is 12.7. The van der Waals surface area contributed by atoms with Crippen LogP contribution in [0.5, 0.6) is 0 Å². The molecule has 1 aromatic rings. The van der Waals surface area contributed by atoms with Crippen molar-refractivity contribution in [2.45, 2.75) is 51.3 Å². The second kappa shape index (κ2) is 8.16. The largest absolute Gasteiger partial charge is 0.243 e. The first-order chi connectivity index (χ1) is 9.97. The Bertz CT molecular complexity index is 595. The molecule has 0 amide bonds. The molecule has 4 nitrogen and oxygen atoms in total. The molecular weight excluding hydrogens is 284 g/mol. The first-order valence-electron chi connectivity index (χ1n) is 7.48. The maximum Gasteiger partial charge on any atom is 0.243 e. The second-order valence-corrected chi connectivity index (χ2v) is 7.14.